The van der Waals surface area contributed by atoms with E-state index in [1.807, 2.05) is 42.8 Å². The first-order chi connectivity index (χ1) is 16.4. The molecule has 0 radical (unpaired) electrons. The van der Waals surface area contributed by atoms with Gasteiger partial charge in [0.1, 0.15) is 5.41 Å². The van der Waals surface area contributed by atoms with Gasteiger partial charge < -0.3 is 4.57 Å². The first-order valence-corrected chi connectivity index (χ1v) is 11.0. The number of rotatable bonds is 4. The van der Waals surface area contributed by atoms with Crippen molar-refractivity contribution in [3.8, 4) is 11.8 Å². The second-order valence-electron chi connectivity index (χ2n) is 8.57. The van der Waals surface area contributed by atoms with Crippen LogP contribution < -0.4 is 0 Å². The molecule has 6 nitrogen and oxygen atoms in total. The summed E-state index contributed by atoms with van der Waals surface area (Å²) in [6.45, 7) is 4.61. The molecule has 8 heteroatoms. The molecule has 2 aromatic carbocycles. The predicted octanol–water partition coefficient (Wildman–Crippen LogP) is 5.13. The van der Waals surface area contributed by atoms with E-state index in [1.54, 1.807) is 17.1 Å². The van der Waals surface area contributed by atoms with E-state index in [4.69, 9.17) is 0 Å². The van der Waals surface area contributed by atoms with E-state index in [2.05, 4.69) is 27.2 Å². The lowest BCUT2D eigenvalue weighted by atomic mass is 9.75. The van der Waals surface area contributed by atoms with Crippen LogP contribution in [0.4, 0.5) is 8.78 Å². The Hall–Kier alpha value is -4.12. The lowest BCUT2D eigenvalue weighted by Crippen LogP contribution is -2.34. The van der Waals surface area contributed by atoms with Crippen LogP contribution in [-0.4, -0.2) is 24.3 Å². The van der Waals surface area contributed by atoms with E-state index < -0.39 is 17.0 Å². The second kappa shape index (κ2) is 8.34. The van der Waals surface area contributed by atoms with Gasteiger partial charge >= 0.3 is 0 Å². The van der Waals surface area contributed by atoms with Gasteiger partial charge in [0.15, 0.2) is 23.3 Å². The van der Waals surface area contributed by atoms with Crippen molar-refractivity contribution in [1.82, 2.24) is 24.3 Å². The zero-order valence-corrected chi connectivity index (χ0v) is 18.8. The van der Waals surface area contributed by atoms with Crippen LogP contribution in [-0.2, 0) is 12.0 Å². The Morgan fingerprint density at radius 3 is 2.65 bits per heavy atom. The molecule has 0 unspecified atom stereocenters. The van der Waals surface area contributed by atoms with Crippen LogP contribution in [0.15, 0.2) is 48.9 Å². The molecule has 34 heavy (non-hydrogen) atoms. The third-order valence-corrected chi connectivity index (χ3v) is 6.23. The number of nitriles is 1. The molecule has 0 N–H and O–H groups in total. The molecule has 5 rings (SSSR count). The Morgan fingerprint density at radius 2 is 1.94 bits per heavy atom. The summed E-state index contributed by atoms with van der Waals surface area (Å²) in [4.78, 5) is 8.90. The Bertz CT molecular complexity index is 1460. The molecule has 4 aromatic rings. The Kier molecular flexibility index (Phi) is 5.33. The maximum Gasteiger partial charge on any atom is 0.174 e. The number of imidazole rings is 1. The first kappa shape index (κ1) is 21.7. The fourth-order valence-corrected chi connectivity index (χ4v) is 4.51. The molecular formula is C26H22F2N6. The van der Waals surface area contributed by atoms with Crippen molar-refractivity contribution < 1.29 is 8.78 Å². The SMILES string of the molecule is Cc1cn(-c2ccc(/C=C/c3nc4n(n3)CCC[C@]4(C#N)c3ccc(F)c(F)c3)cc2C)cn1. The molecule has 1 atom stereocenters. The van der Waals surface area contributed by atoms with Gasteiger partial charge in [0.05, 0.1) is 18.1 Å². The summed E-state index contributed by atoms with van der Waals surface area (Å²) < 4.78 is 31.1. The molecule has 0 amide bonds. The highest BCUT2D eigenvalue weighted by Gasteiger charge is 2.42. The molecule has 170 valence electrons. The van der Waals surface area contributed by atoms with Gasteiger partial charge in [-0.3, -0.25) is 0 Å². The summed E-state index contributed by atoms with van der Waals surface area (Å²) in [5.41, 5.74) is 3.30. The average molecular weight is 457 g/mol. The van der Waals surface area contributed by atoms with Crippen LogP contribution in [0.1, 0.15) is 46.9 Å². The van der Waals surface area contributed by atoms with Gasteiger partial charge in [-0.2, -0.15) is 10.4 Å². The average Bonchev–Trinajstić information content (AvgIpc) is 3.45. The lowest BCUT2D eigenvalue weighted by molar-refractivity contribution is 0.390. The molecular weight excluding hydrogens is 434 g/mol. The minimum absolute atomic E-state index is 0.388. The van der Waals surface area contributed by atoms with Crippen molar-refractivity contribution in [2.75, 3.05) is 0 Å². The van der Waals surface area contributed by atoms with Crippen molar-refractivity contribution in [2.45, 2.75) is 38.6 Å². The largest absolute Gasteiger partial charge is 0.306 e. The van der Waals surface area contributed by atoms with Gasteiger partial charge in [-0.25, -0.2) is 23.4 Å². The van der Waals surface area contributed by atoms with E-state index in [0.717, 1.165) is 34.6 Å². The van der Waals surface area contributed by atoms with Gasteiger partial charge in [-0.1, -0.05) is 18.2 Å². The van der Waals surface area contributed by atoms with Crippen LogP contribution in [0, 0.1) is 36.8 Å². The van der Waals surface area contributed by atoms with E-state index >= 15 is 0 Å². The first-order valence-electron chi connectivity index (χ1n) is 11.0. The van der Waals surface area contributed by atoms with Crippen molar-refractivity contribution in [3.05, 3.63) is 94.6 Å². The Balaban J connectivity index is 1.46. The highest BCUT2D eigenvalue weighted by atomic mass is 19.2. The summed E-state index contributed by atoms with van der Waals surface area (Å²) in [7, 11) is 0. The standard InChI is InChI=1S/C26H22F2N6/c1-17-12-19(4-8-23(17)33-14-18(2)30-16-33)5-9-24-31-25-26(15-29,10-3-11-34(25)32-24)20-6-7-21(27)22(28)13-20/h4-9,12-14,16H,3,10-11H2,1-2H3/b9-5+/t26-/m0/s1. The smallest absolute Gasteiger partial charge is 0.174 e. The van der Waals surface area contributed by atoms with E-state index in [1.165, 1.54) is 6.07 Å². The molecule has 0 saturated heterocycles. The fraction of sp³-hybridized carbons (Fsp3) is 0.231. The van der Waals surface area contributed by atoms with Crippen molar-refractivity contribution >= 4 is 12.2 Å². The summed E-state index contributed by atoms with van der Waals surface area (Å²) in [5, 5.41) is 14.7. The normalized spacial score (nSPS) is 17.6. The quantitative estimate of drug-likeness (QED) is 0.427. The molecule has 2 aromatic heterocycles. The molecule has 3 heterocycles. The van der Waals surface area contributed by atoms with E-state index in [0.29, 0.717) is 36.6 Å². The van der Waals surface area contributed by atoms with Crippen LogP contribution >= 0.6 is 0 Å². The fourth-order valence-electron chi connectivity index (χ4n) is 4.51. The monoisotopic (exact) mass is 456 g/mol. The topological polar surface area (TPSA) is 72.3 Å². The second-order valence-corrected chi connectivity index (χ2v) is 8.57. The molecule has 1 aliphatic heterocycles. The van der Waals surface area contributed by atoms with Crippen LogP contribution in [0.5, 0.6) is 0 Å². The number of nitrogens with zero attached hydrogens (tertiary/aromatic N) is 6. The minimum atomic E-state index is -1.17. The van der Waals surface area contributed by atoms with E-state index in [9.17, 15) is 14.0 Å². The molecule has 0 saturated carbocycles. The third-order valence-electron chi connectivity index (χ3n) is 6.23. The molecule has 1 aliphatic rings. The Labute approximate surface area is 195 Å². The van der Waals surface area contributed by atoms with Crippen LogP contribution in [0.25, 0.3) is 17.8 Å². The van der Waals surface area contributed by atoms with Crippen molar-refractivity contribution in [3.63, 3.8) is 0 Å². The zero-order valence-electron chi connectivity index (χ0n) is 18.8. The molecule has 0 fully saturated rings. The Morgan fingerprint density at radius 1 is 1.09 bits per heavy atom. The number of fused-ring (bicyclic) bond motifs is 1. The van der Waals surface area contributed by atoms with E-state index in [-0.39, 0.29) is 0 Å². The summed E-state index contributed by atoms with van der Waals surface area (Å²) in [6.07, 6.45) is 8.63. The van der Waals surface area contributed by atoms with Gasteiger partial charge in [0.25, 0.3) is 0 Å². The van der Waals surface area contributed by atoms with Crippen LogP contribution in [0.2, 0.25) is 0 Å². The maximum absolute atomic E-state index is 14.0. The van der Waals surface area contributed by atoms with Gasteiger partial charge in [0, 0.05) is 18.4 Å². The number of benzene rings is 2. The minimum Gasteiger partial charge on any atom is -0.306 e. The maximum atomic E-state index is 14.0. The number of halogens is 2. The van der Waals surface area contributed by atoms with Gasteiger partial charge in [-0.05, 0) is 73.7 Å². The molecule has 0 aliphatic carbocycles. The number of aromatic nitrogens is 5. The van der Waals surface area contributed by atoms with Crippen LogP contribution in [0.3, 0.4) is 0 Å². The van der Waals surface area contributed by atoms with Gasteiger partial charge in [-0.15, -0.1) is 0 Å². The molecule has 0 spiro atoms. The number of aryl methyl sites for hydroxylation is 3. The lowest BCUT2D eigenvalue weighted by Gasteiger charge is -2.30. The van der Waals surface area contributed by atoms with Gasteiger partial charge in [0.2, 0.25) is 0 Å². The highest BCUT2D eigenvalue weighted by molar-refractivity contribution is 5.68. The number of hydrogen-bond acceptors (Lipinski definition) is 4. The highest BCUT2D eigenvalue weighted by Crippen LogP contribution is 2.39. The third kappa shape index (κ3) is 3.69. The number of hydrogen-bond donors (Lipinski definition) is 0. The summed E-state index contributed by atoms with van der Waals surface area (Å²) >= 11 is 0. The molecule has 0 bridgehead atoms. The van der Waals surface area contributed by atoms with Crippen molar-refractivity contribution in [2.24, 2.45) is 0 Å². The van der Waals surface area contributed by atoms with Crippen molar-refractivity contribution in [1.29, 1.82) is 5.26 Å². The summed E-state index contributed by atoms with van der Waals surface area (Å²) in [6, 6.07) is 12.0. The summed E-state index contributed by atoms with van der Waals surface area (Å²) in [5.74, 6) is -1.00. The zero-order chi connectivity index (χ0) is 23.9. The predicted molar refractivity (Wildman–Crippen MR) is 124 cm³/mol.